The van der Waals surface area contributed by atoms with Crippen LogP contribution in [0.15, 0.2) is 54.7 Å². The lowest BCUT2D eigenvalue weighted by Gasteiger charge is -2.11. The van der Waals surface area contributed by atoms with E-state index in [1.165, 1.54) is 7.11 Å². The van der Waals surface area contributed by atoms with Crippen LogP contribution in [0.1, 0.15) is 10.4 Å². The van der Waals surface area contributed by atoms with E-state index in [0.29, 0.717) is 11.3 Å². The van der Waals surface area contributed by atoms with Gasteiger partial charge >= 0.3 is 5.97 Å². The minimum Gasteiger partial charge on any atom is -0.497 e. The molecule has 0 aliphatic heterocycles. The number of fused-ring (bicyclic) bond motifs is 1. The number of ether oxygens (including phenoxy) is 2. The third-order valence-electron chi connectivity index (χ3n) is 3.55. The first-order chi connectivity index (χ1) is 10.7. The molecule has 110 valence electrons. The molecule has 0 fully saturated rings. The monoisotopic (exact) mass is 293 g/mol. The van der Waals surface area contributed by atoms with Crippen LogP contribution < -0.4 is 4.74 Å². The minimum absolute atomic E-state index is 0.393. The molecular weight excluding hydrogens is 278 g/mol. The Morgan fingerprint density at radius 3 is 2.41 bits per heavy atom. The van der Waals surface area contributed by atoms with E-state index in [9.17, 15) is 4.79 Å². The van der Waals surface area contributed by atoms with Crippen LogP contribution in [0.2, 0.25) is 0 Å². The van der Waals surface area contributed by atoms with Gasteiger partial charge in [0.15, 0.2) is 0 Å². The Bertz CT molecular complexity index is 825. The van der Waals surface area contributed by atoms with Gasteiger partial charge < -0.3 is 9.47 Å². The van der Waals surface area contributed by atoms with E-state index in [1.54, 1.807) is 13.3 Å². The SMILES string of the molecule is COC(=O)c1c(-c2ccc(OC)cc2)ncc2ccccc12. The number of carbonyl (C=O) groups is 1. The van der Waals surface area contributed by atoms with Crippen molar-refractivity contribution in [3.05, 3.63) is 60.3 Å². The predicted octanol–water partition coefficient (Wildman–Crippen LogP) is 3.70. The minimum atomic E-state index is -0.393. The molecule has 4 nitrogen and oxygen atoms in total. The average Bonchev–Trinajstić information content (AvgIpc) is 2.60. The molecule has 3 rings (SSSR count). The van der Waals surface area contributed by atoms with Crippen molar-refractivity contribution in [3.8, 4) is 17.0 Å². The third-order valence-corrected chi connectivity index (χ3v) is 3.55. The van der Waals surface area contributed by atoms with Gasteiger partial charge in [0.25, 0.3) is 0 Å². The second-order valence-electron chi connectivity index (χ2n) is 4.79. The van der Waals surface area contributed by atoms with E-state index in [0.717, 1.165) is 22.1 Å². The summed E-state index contributed by atoms with van der Waals surface area (Å²) in [4.78, 5) is 16.7. The summed E-state index contributed by atoms with van der Waals surface area (Å²) in [6, 6.07) is 15.1. The number of benzene rings is 2. The quantitative estimate of drug-likeness (QED) is 0.691. The summed E-state index contributed by atoms with van der Waals surface area (Å²) in [5.41, 5.74) is 1.92. The molecule has 0 radical (unpaired) electrons. The van der Waals surface area contributed by atoms with Gasteiger partial charge in [-0.25, -0.2) is 4.79 Å². The zero-order valence-electron chi connectivity index (χ0n) is 12.4. The highest BCUT2D eigenvalue weighted by Crippen LogP contribution is 2.29. The molecule has 4 heteroatoms. The summed E-state index contributed by atoms with van der Waals surface area (Å²) < 4.78 is 10.1. The third kappa shape index (κ3) is 2.39. The largest absolute Gasteiger partial charge is 0.497 e. The van der Waals surface area contributed by atoms with Crippen LogP contribution in [0.4, 0.5) is 0 Å². The summed E-state index contributed by atoms with van der Waals surface area (Å²) in [5, 5.41) is 1.73. The van der Waals surface area contributed by atoms with Crippen LogP contribution >= 0.6 is 0 Å². The van der Waals surface area contributed by atoms with Gasteiger partial charge in [-0.1, -0.05) is 24.3 Å². The number of methoxy groups -OCH3 is 2. The molecule has 0 saturated heterocycles. The molecule has 0 N–H and O–H groups in total. The molecule has 1 heterocycles. The summed E-state index contributed by atoms with van der Waals surface area (Å²) in [7, 11) is 2.99. The standard InChI is InChI=1S/C18H15NO3/c1-21-14-9-7-12(8-10-14)17-16(18(20)22-2)15-6-4-3-5-13(15)11-19-17/h3-11H,1-2H3. The number of esters is 1. The number of rotatable bonds is 3. The van der Waals surface area contributed by atoms with Gasteiger partial charge in [0, 0.05) is 17.1 Å². The first-order valence-corrected chi connectivity index (χ1v) is 6.85. The highest BCUT2D eigenvalue weighted by molar-refractivity contribution is 6.09. The van der Waals surface area contributed by atoms with Gasteiger partial charge in [-0.15, -0.1) is 0 Å². The van der Waals surface area contributed by atoms with Crippen LogP contribution in [0, 0.1) is 0 Å². The maximum Gasteiger partial charge on any atom is 0.340 e. The molecule has 0 aliphatic rings. The number of nitrogens with zero attached hydrogens (tertiary/aromatic N) is 1. The Balaban J connectivity index is 2.25. The van der Waals surface area contributed by atoms with Crippen molar-refractivity contribution in [2.75, 3.05) is 14.2 Å². The highest BCUT2D eigenvalue weighted by Gasteiger charge is 2.18. The van der Waals surface area contributed by atoms with Crippen molar-refractivity contribution < 1.29 is 14.3 Å². The van der Waals surface area contributed by atoms with Gasteiger partial charge in [0.2, 0.25) is 0 Å². The van der Waals surface area contributed by atoms with Crippen LogP contribution in [0.3, 0.4) is 0 Å². The van der Waals surface area contributed by atoms with Gasteiger partial charge in [0.1, 0.15) is 5.75 Å². The van der Waals surface area contributed by atoms with Crippen LogP contribution in [-0.4, -0.2) is 25.2 Å². The molecule has 2 aromatic carbocycles. The lowest BCUT2D eigenvalue weighted by atomic mass is 10.00. The number of hydrogen-bond donors (Lipinski definition) is 0. The van der Waals surface area contributed by atoms with E-state index in [1.807, 2.05) is 48.5 Å². The first-order valence-electron chi connectivity index (χ1n) is 6.85. The van der Waals surface area contributed by atoms with Gasteiger partial charge in [-0.2, -0.15) is 0 Å². The van der Waals surface area contributed by atoms with Gasteiger partial charge in [-0.3, -0.25) is 4.98 Å². The summed E-state index contributed by atoms with van der Waals surface area (Å²) in [6.45, 7) is 0. The number of aromatic nitrogens is 1. The zero-order chi connectivity index (χ0) is 15.5. The van der Waals surface area contributed by atoms with Crippen molar-refractivity contribution >= 4 is 16.7 Å². The van der Waals surface area contributed by atoms with Crippen LogP contribution in [0.25, 0.3) is 22.0 Å². The maximum absolute atomic E-state index is 12.3. The van der Waals surface area contributed by atoms with E-state index >= 15 is 0 Å². The maximum atomic E-state index is 12.3. The van der Waals surface area contributed by atoms with Crippen molar-refractivity contribution in [2.24, 2.45) is 0 Å². The fraction of sp³-hybridized carbons (Fsp3) is 0.111. The predicted molar refractivity (Wildman–Crippen MR) is 85.1 cm³/mol. The molecule has 3 aromatic rings. The summed E-state index contributed by atoms with van der Waals surface area (Å²) >= 11 is 0. The van der Waals surface area contributed by atoms with Crippen molar-refractivity contribution in [3.63, 3.8) is 0 Å². The molecule has 1 aromatic heterocycles. The van der Waals surface area contributed by atoms with Gasteiger partial charge in [0.05, 0.1) is 25.5 Å². The average molecular weight is 293 g/mol. The molecule has 0 bridgehead atoms. The molecular formula is C18H15NO3. The molecule has 0 aliphatic carbocycles. The smallest absolute Gasteiger partial charge is 0.340 e. The summed E-state index contributed by atoms with van der Waals surface area (Å²) in [6.07, 6.45) is 1.77. The highest BCUT2D eigenvalue weighted by atomic mass is 16.5. The first kappa shape index (κ1) is 14.1. The van der Waals surface area contributed by atoms with Crippen molar-refractivity contribution in [2.45, 2.75) is 0 Å². The normalized spacial score (nSPS) is 10.5. The zero-order valence-corrected chi connectivity index (χ0v) is 12.4. The fourth-order valence-electron chi connectivity index (χ4n) is 2.44. The molecule has 0 spiro atoms. The van der Waals surface area contributed by atoms with Crippen LogP contribution in [-0.2, 0) is 4.74 Å². The molecule has 22 heavy (non-hydrogen) atoms. The summed E-state index contributed by atoms with van der Waals surface area (Å²) in [5.74, 6) is 0.360. The molecule has 0 atom stereocenters. The Morgan fingerprint density at radius 1 is 1.00 bits per heavy atom. The van der Waals surface area contributed by atoms with Crippen molar-refractivity contribution in [1.29, 1.82) is 0 Å². The van der Waals surface area contributed by atoms with Crippen molar-refractivity contribution in [1.82, 2.24) is 4.98 Å². The molecule has 0 unspecified atom stereocenters. The second kappa shape index (κ2) is 5.85. The Morgan fingerprint density at radius 2 is 1.73 bits per heavy atom. The van der Waals surface area contributed by atoms with Gasteiger partial charge in [-0.05, 0) is 29.7 Å². The number of pyridine rings is 1. The fourth-order valence-corrected chi connectivity index (χ4v) is 2.44. The van der Waals surface area contributed by atoms with E-state index in [2.05, 4.69) is 4.98 Å². The van der Waals surface area contributed by atoms with E-state index in [4.69, 9.17) is 9.47 Å². The Labute approximate surface area is 128 Å². The second-order valence-corrected chi connectivity index (χ2v) is 4.79. The number of carbonyl (C=O) groups excluding carboxylic acids is 1. The van der Waals surface area contributed by atoms with E-state index < -0.39 is 5.97 Å². The molecule has 0 amide bonds. The Hall–Kier alpha value is -2.88. The molecule has 0 saturated carbocycles. The van der Waals surface area contributed by atoms with E-state index in [-0.39, 0.29) is 0 Å². The lowest BCUT2D eigenvalue weighted by molar-refractivity contribution is 0.0603. The lowest BCUT2D eigenvalue weighted by Crippen LogP contribution is -2.06. The Kier molecular flexibility index (Phi) is 3.74. The van der Waals surface area contributed by atoms with Crippen LogP contribution in [0.5, 0.6) is 5.75 Å². The number of hydrogen-bond acceptors (Lipinski definition) is 4. The topological polar surface area (TPSA) is 48.4 Å².